The van der Waals surface area contributed by atoms with Crippen LogP contribution < -0.4 is 15.0 Å². The summed E-state index contributed by atoms with van der Waals surface area (Å²) < 4.78 is 6.61. The molecule has 0 saturated carbocycles. The molecule has 0 radical (unpaired) electrons. The van der Waals surface area contributed by atoms with E-state index in [1.807, 2.05) is 6.07 Å². The number of hydrogen-bond acceptors (Lipinski definition) is 3. The predicted molar refractivity (Wildman–Crippen MR) is 126 cm³/mol. The lowest BCUT2D eigenvalue weighted by Gasteiger charge is -2.50. The zero-order valence-corrected chi connectivity index (χ0v) is 18.0. The van der Waals surface area contributed by atoms with Crippen molar-refractivity contribution in [3.05, 3.63) is 77.3 Å². The van der Waals surface area contributed by atoms with E-state index in [1.54, 1.807) is 0 Å². The maximum atomic E-state index is 6.61. The van der Waals surface area contributed by atoms with E-state index >= 15 is 0 Å². The topological polar surface area (TPSA) is 24.5 Å². The van der Waals surface area contributed by atoms with Crippen LogP contribution in [0.15, 0.2) is 66.7 Å². The molecule has 0 aromatic heterocycles. The molecule has 0 fully saturated rings. The SMILES string of the molecule is CN1c2ccc(Cl)cc2C(C)(C)C12COc1c(c3ccccc3c3ccccc13)N2. The molecular weight excluding hydrogens is 392 g/mol. The molecule has 1 unspecified atom stereocenters. The van der Waals surface area contributed by atoms with E-state index < -0.39 is 5.66 Å². The molecule has 30 heavy (non-hydrogen) atoms. The van der Waals surface area contributed by atoms with Crippen LogP contribution >= 0.6 is 11.6 Å². The summed E-state index contributed by atoms with van der Waals surface area (Å²) in [6.45, 7) is 5.09. The molecule has 1 spiro atoms. The summed E-state index contributed by atoms with van der Waals surface area (Å²) >= 11 is 6.38. The molecule has 4 aromatic carbocycles. The number of nitrogens with zero attached hydrogens (tertiary/aromatic N) is 1. The molecule has 2 heterocycles. The van der Waals surface area contributed by atoms with Crippen LogP contribution in [0.2, 0.25) is 5.02 Å². The Hall–Kier alpha value is -2.91. The molecule has 3 nitrogen and oxygen atoms in total. The number of hydrogen-bond donors (Lipinski definition) is 1. The summed E-state index contributed by atoms with van der Waals surface area (Å²) in [5.74, 6) is 0.938. The normalized spacial score (nSPS) is 21.4. The molecule has 1 atom stereocenters. The second-order valence-electron chi connectivity index (χ2n) is 8.91. The molecule has 150 valence electrons. The van der Waals surface area contributed by atoms with E-state index in [1.165, 1.54) is 27.4 Å². The Balaban J connectivity index is 1.63. The van der Waals surface area contributed by atoms with E-state index in [-0.39, 0.29) is 5.41 Å². The Labute approximate surface area is 181 Å². The Morgan fingerprint density at radius 1 is 0.900 bits per heavy atom. The number of rotatable bonds is 0. The molecule has 0 saturated heterocycles. The van der Waals surface area contributed by atoms with Crippen molar-refractivity contribution >= 4 is 44.5 Å². The maximum Gasteiger partial charge on any atom is 0.155 e. The van der Waals surface area contributed by atoms with E-state index in [2.05, 4.69) is 91.8 Å². The van der Waals surface area contributed by atoms with Gasteiger partial charge >= 0.3 is 0 Å². The Kier molecular flexibility index (Phi) is 3.48. The van der Waals surface area contributed by atoms with Crippen LogP contribution in [0.3, 0.4) is 0 Å². The molecule has 2 aliphatic heterocycles. The summed E-state index contributed by atoms with van der Waals surface area (Å²) in [6, 6.07) is 23.2. The average Bonchev–Trinajstić information content (AvgIpc) is 2.92. The number of nitrogens with one attached hydrogen (secondary N) is 1. The first-order valence-electron chi connectivity index (χ1n) is 10.3. The van der Waals surface area contributed by atoms with Crippen LogP contribution in [-0.4, -0.2) is 19.3 Å². The lowest BCUT2D eigenvalue weighted by atomic mass is 9.75. The van der Waals surface area contributed by atoms with Crippen molar-refractivity contribution in [2.45, 2.75) is 24.9 Å². The first-order chi connectivity index (χ1) is 14.4. The van der Waals surface area contributed by atoms with Crippen LogP contribution in [0.4, 0.5) is 11.4 Å². The molecule has 0 amide bonds. The molecule has 0 bridgehead atoms. The third kappa shape index (κ3) is 2.06. The van der Waals surface area contributed by atoms with E-state index in [0.29, 0.717) is 6.61 Å². The largest absolute Gasteiger partial charge is 0.486 e. The molecule has 4 aromatic rings. The Morgan fingerprint density at radius 3 is 2.27 bits per heavy atom. The number of likely N-dealkylation sites (N-methyl/N-ethyl adjacent to an activating group) is 1. The monoisotopic (exact) mass is 414 g/mol. The van der Waals surface area contributed by atoms with Crippen molar-refractivity contribution in [2.75, 3.05) is 23.9 Å². The van der Waals surface area contributed by atoms with Gasteiger partial charge in [-0.1, -0.05) is 74.0 Å². The highest BCUT2D eigenvalue weighted by Gasteiger charge is 2.58. The summed E-state index contributed by atoms with van der Waals surface area (Å²) in [5, 5.41) is 9.52. The molecule has 0 aliphatic carbocycles. The third-order valence-corrected chi connectivity index (χ3v) is 7.48. The third-order valence-electron chi connectivity index (χ3n) is 7.24. The Bertz CT molecular complexity index is 1350. The van der Waals surface area contributed by atoms with Gasteiger partial charge in [-0.3, -0.25) is 0 Å². The van der Waals surface area contributed by atoms with E-state index in [9.17, 15) is 0 Å². The standard InChI is InChI=1S/C26H23ClN2O/c1-25(2)21-14-16(27)12-13-22(21)29(3)26(25)15-30-24-20-11-7-5-9-18(20)17-8-4-6-10-19(17)23(24)28-26/h4-14,28H,15H2,1-3H3. The van der Waals surface area contributed by atoms with Gasteiger partial charge in [-0.05, 0) is 34.5 Å². The van der Waals surface area contributed by atoms with Gasteiger partial charge in [0.25, 0.3) is 0 Å². The highest BCUT2D eigenvalue weighted by atomic mass is 35.5. The smallest absolute Gasteiger partial charge is 0.155 e. The van der Waals surface area contributed by atoms with Crippen LogP contribution in [-0.2, 0) is 5.41 Å². The van der Waals surface area contributed by atoms with E-state index in [0.717, 1.165) is 21.8 Å². The molecular formula is C26H23ClN2O. The van der Waals surface area contributed by atoms with Crippen molar-refractivity contribution < 1.29 is 4.74 Å². The van der Waals surface area contributed by atoms with Gasteiger partial charge in [-0.2, -0.15) is 0 Å². The summed E-state index contributed by atoms with van der Waals surface area (Å²) in [7, 11) is 2.14. The minimum Gasteiger partial charge on any atom is -0.486 e. The second kappa shape index (κ2) is 5.83. The fourth-order valence-electron chi connectivity index (χ4n) is 5.47. The van der Waals surface area contributed by atoms with Crippen LogP contribution in [0.1, 0.15) is 19.4 Å². The fraction of sp³-hybridized carbons (Fsp3) is 0.231. The lowest BCUT2D eigenvalue weighted by Crippen LogP contribution is -2.65. The summed E-state index contributed by atoms with van der Waals surface area (Å²) in [4.78, 5) is 2.32. The van der Waals surface area contributed by atoms with Crippen molar-refractivity contribution in [3.8, 4) is 5.75 Å². The first-order valence-corrected chi connectivity index (χ1v) is 10.7. The quantitative estimate of drug-likeness (QED) is 0.329. The van der Waals surface area contributed by atoms with Gasteiger partial charge in [0.2, 0.25) is 0 Å². The number of halogens is 1. The van der Waals surface area contributed by atoms with Crippen molar-refractivity contribution in [1.82, 2.24) is 0 Å². The van der Waals surface area contributed by atoms with Gasteiger partial charge < -0.3 is 15.0 Å². The number of anilines is 2. The molecule has 4 heteroatoms. The lowest BCUT2D eigenvalue weighted by molar-refractivity contribution is 0.167. The zero-order chi connectivity index (χ0) is 20.7. The first kappa shape index (κ1) is 17.9. The highest BCUT2D eigenvalue weighted by molar-refractivity contribution is 6.30. The maximum absolute atomic E-state index is 6.61. The molecule has 1 N–H and O–H groups in total. The number of fused-ring (bicyclic) bond motifs is 7. The number of ether oxygens (including phenoxy) is 1. The minimum absolute atomic E-state index is 0.216. The van der Waals surface area contributed by atoms with Gasteiger partial charge in [0, 0.05) is 33.9 Å². The summed E-state index contributed by atoms with van der Waals surface area (Å²) in [5.41, 5.74) is 2.86. The predicted octanol–water partition coefficient (Wildman–Crippen LogP) is 6.57. The number of benzene rings is 4. The van der Waals surface area contributed by atoms with Crippen molar-refractivity contribution in [1.29, 1.82) is 0 Å². The van der Waals surface area contributed by atoms with Crippen LogP contribution in [0.5, 0.6) is 5.75 Å². The average molecular weight is 415 g/mol. The van der Waals surface area contributed by atoms with Crippen LogP contribution in [0, 0.1) is 0 Å². The Morgan fingerprint density at radius 2 is 1.53 bits per heavy atom. The molecule has 6 rings (SSSR count). The highest BCUT2D eigenvalue weighted by Crippen LogP contribution is 2.56. The summed E-state index contributed by atoms with van der Waals surface area (Å²) in [6.07, 6.45) is 0. The van der Waals surface area contributed by atoms with Gasteiger partial charge in [0.05, 0.1) is 5.69 Å². The van der Waals surface area contributed by atoms with Crippen molar-refractivity contribution in [2.24, 2.45) is 0 Å². The van der Waals surface area contributed by atoms with Gasteiger partial charge in [0.15, 0.2) is 11.4 Å². The second-order valence-corrected chi connectivity index (χ2v) is 9.35. The zero-order valence-electron chi connectivity index (χ0n) is 17.3. The van der Waals surface area contributed by atoms with Crippen LogP contribution in [0.25, 0.3) is 21.5 Å². The minimum atomic E-state index is -0.418. The molecule has 2 aliphatic rings. The van der Waals surface area contributed by atoms with Gasteiger partial charge in [-0.25, -0.2) is 0 Å². The van der Waals surface area contributed by atoms with E-state index in [4.69, 9.17) is 16.3 Å². The fourth-order valence-corrected chi connectivity index (χ4v) is 5.64. The van der Waals surface area contributed by atoms with Crippen molar-refractivity contribution in [3.63, 3.8) is 0 Å². The van der Waals surface area contributed by atoms with Gasteiger partial charge in [0.1, 0.15) is 6.61 Å². The van der Waals surface area contributed by atoms with Gasteiger partial charge in [-0.15, -0.1) is 0 Å².